The summed E-state index contributed by atoms with van der Waals surface area (Å²) in [6.07, 6.45) is 1.11. The van der Waals surface area contributed by atoms with Crippen molar-refractivity contribution in [3.63, 3.8) is 0 Å². The quantitative estimate of drug-likeness (QED) is 0.0710. The van der Waals surface area contributed by atoms with E-state index in [1.54, 1.807) is 52.1 Å². The van der Waals surface area contributed by atoms with Crippen molar-refractivity contribution in [1.29, 1.82) is 5.41 Å². The van der Waals surface area contributed by atoms with Crippen LogP contribution >= 0.6 is 0 Å². The van der Waals surface area contributed by atoms with E-state index >= 15 is 0 Å². The van der Waals surface area contributed by atoms with Crippen LogP contribution in [0.15, 0.2) is 102 Å². The van der Waals surface area contributed by atoms with Crippen LogP contribution in [0.1, 0.15) is 63.8 Å². The van der Waals surface area contributed by atoms with Gasteiger partial charge in [-0.1, -0.05) is 78.9 Å². The highest BCUT2D eigenvalue weighted by Crippen LogP contribution is 2.28. The SMILES string of the molecule is COc1ccc(CNC(=O)/C(NC(=O)[C@@H](Cc2ccc(C(C)(C)C(=O)OC(C)(C)C)cc2)NC(=O)Cc2ccc3ccccc3c2)=C(/C)C=N)cc1. The largest absolute Gasteiger partial charge is 0.497 e. The van der Waals surface area contributed by atoms with Crippen LogP contribution in [0.3, 0.4) is 0 Å². The molecule has 0 bridgehead atoms. The summed E-state index contributed by atoms with van der Waals surface area (Å²) >= 11 is 0. The molecule has 1 atom stereocenters. The monoisotopic (exact) mass is 704 g/mol. The van der Waals surface area contributed by atoms with Crippen molar-refractivity contribution in [2.24, 2.45) is 0 Å². The third-order valence-corrected chi connectivity index (χ3v) is 8.55. The Hall–Kier alpha value is -5.77. The van der Waals surface area contributed by atoms with E-state index in [0.29, 0.717) is 11.3 Å². The van der Waals surface area contributed by atoms with Crippen molar-refractivity contribution in [2.45, 2.75) is 78.0 Å². The number of benzene rings is 4. The van der Waals surface area contributed by atoms with Crippen LogP contribution in [0, 0.1) is 5.41 Å². The summed E-state index contributed by atoms with van der Waals surface area (Å²) in [6, 6.07) is 26.9. The molecule has 4 aromatic rings. The van der Waals surface area contributed by atoms with E-state index in [0.717, 1.165) is 33.7 Å². The molecule has 272 valence electrons. The number of methoxy groups -OCH3 is 1. The normalized spacial score (nSPS) is 12.6. The number of carbonyl (C=O) groups is 4. The topological polar surface area (TPSA) is 147 Å². The molecular weight excluding hydrogens is 656 g/mol. The number of hydrogen-bond donors (Lipinski definition) is 4. The fourth-order valence-corrected chi connectivity index (χ4v) is 5.44. The molecular formula is C42H48N4O6. The lowest BCUT2D eigenvalue weighted by Crippen LogP contribution is -2.50. The molecule has 0 aliphatic carbocycles. The van der Waals surface area contributed by atoms with Crippen molar-refractivity contribution < 1.29 is 28.7 Å². The molecule has 3 amide bonds. The molecule has 4 rings (SSSR count). The molecule has 0 saturated carbocycles. The van der Waals surface area contributed by atoms with Crippen LogP contribution in [-0.4, -0.2) is 48.7 Å². The molecule has 10 nitrogen and oxygen atoms in total. The second-order valence-corrected chi connectivity index (χ2v) is 14.2. The van der Waals surface area contributed by atoms with E-state index in [4.69, 9.17) is 14.9 Å². The Morgan fingerprint density at radius 1 is 0.808 bits per heavy atom. The first-order chi connectivity index (χ1) is 24.6. The second kappa shape index (κ2) is 17.0. The molecule has 0 spiro atoms. The molecule has 4 N–H and O–H groups in total. The number of carbonyl (C=O) groups excluding carboxylic acids is 4. The molecule has 0 unspecified atom stereocenters. The summed E-state index contributed by atoms with van der Waals surface area (Å²) < 4.78 is 10.8. The zero-order valence-electron chi connectivity index (χ0n) is 30.9. The number of fused-ring (bicyclic) bond motifs is 1. The first-order valence-electron chi connectivity index (χ1n) is 17.1. The highest BCUT2D eigenvalue weighted by Gasteiger charge is 2.34. The van der Waals surface area contributed by atoms with Gasteiger partial charge in [0, 0.05) is 19.2 Å². The van der Waals surface area contributed by atoms with Gasteiger partial charge in [0.15, 0.2) is 0 Å². The minimum Gasteiger partial charge on any atom is -0.497 e. The molecule has 10 heteroatoms. The number of amides is 3. The molecule has 0 aromatic heterocycles. The number of nitrogens with one attached hydrogen (secondary N) is 4. The fraction of sp³-hybridized carbons (Fsp3) is 0.310. The third kappa shape index (κ3) is 10.6. The summed E-state index contributed by atoms with van der Waals surface area (Å²) in [6.45, 7) is 10.8. The molecule has 0 radical (unpaired) electrons. The zero-order chi connectivity index (χ0) is 38.1. The zero-order valence-corrected chi connectivity index (χ0v) is 30.9. The lowest BCUT2D eigenvalue weighted by Gasteiger charge is -2.29. The lowest BCUT2D eigenvalue weighted by molar-refractivity contribution is -0.160. The minimum atomic E-state index is -1.08. The van der Waals surface area contributed by atoms with Crippen LogP contribution in [0.5, 0.6) is 5.75 Å². The van der Waals surface area contributed by atoms with Crippen LogP contribution in [0.25, 0.3) is 10.8 Å². The van der Waals surface area contributed by atoms with Crippen LogP contribution in [0.4, 0.5) is 0 Å². The lowest BCUT2D eigenvalue weighted by atomic mass is 9.84. The highest BCUT2D eigenvalue weighted by atomic mass is 16.6. The van der Waals surface area contributed by atoms with Crippen molar-refractivity contribution in [3.05, 3.63) is 125 Å². The van der Waals surface area contributed by atoms with Crippen LogP contribution in [0.2, 0.25) is 0 Å². The summed E-state index contributed by atoms with van der Waals surface area (Å²) in [5.41, 5.74) is 1.59. The maximum absolute atomic E-state index is 13.9. The fourth-order valence-electron chi connectivity index (χ4n) is 5.44. The average Bonchev–Trinajstić information content (AvgIpc) is 3.11. The van der Waals surface area contributed by atoms with Gasteiger partial charge >= 0.3 is 5.97 Å². The first-order valence-corrected chi connectivity index (χ1v) is 17.1. The second-order valence-electron chi connectivity index (χ2n) is 14.2. The predicted octanol–water partition coefficient (Wildman–Crippen LogP) is 6.09. The number of allylic oxidation sites excluding steroid dienone is 1. The van der Waals surface area contributed by atoms with Crippen LogP contribution in [-0.2, 0) is 48.7 Å². The summed E-state index contributed by atoms with van der Waals surface area (Å²) in [5.74, 6) is -1.27. The Balaban J connectivity index is 1.56. The number of rotatable bonds is 14. The number of esters is 1. The predicted molar refractivity (Wildman–Crippen MR) is 203 cm³/mol. The molecule has 52 heavy (non-hydrogen) atoms. The van der Waals surface area contributed by atoms with E-state index < -0.39 is 28.9 Å². The van der Waals surface area contributed by atoms with Gasteiger partial charge in [-0.25, -0.2) is 0 Å². The summed E-state index contributed by atoms with van der Waals surface area (Å²) in [5, 5.41) is 18.2. The van der Waals surface area contributed by atoms with Crippen molar-refractivity contribution >= 4 is 40.7 Å². The highest BCUT2D eigenvalue weighted by molar-refractivity contribution is 6.03. The standard InChI is InChI=1S/C42H48N4O6/c1-27(25-43)37(39(49)44-26-29-15-20-34(51-7)21-16-29)46-38(48)35(45-36(47)24-30-12-17-31-10-8-9-11-32(31)22-30)23-28-13-18-33(19-14-28)42(5,6)40(50)52-41(2,3)4/h8-22,25,35,43H,23-24,26H2,1-7H3,(H,44,49)(H,45,47)(H,46,48)/b37-27+,43-25?/t35-/m1/s1. The van der Waals surface area contributed by atoms with Gasteiger partial charge in [-0.2, -0.15) is 0 Å². The van der Waals surface area contributed by atoms with E-state index in [2.05, 4.69) is 16.0 Å². The van der Waals surface area contributed by atoms with Gasteiger partial charge in [0.25, 0.3) is 5.91 Å². The molecule has 4 aromatic carbocycles. The maximum Gasteiger partial charge on any atom is 0.316 e. The summed E-state index contributed by atoms with van der Waals surface area (Å²) in [4.78, 5) is 53.8. The van der Waals surface area contributed by atoms with E-state index in [1.165, 1.54) is 0 Å². The van der Waals surface area contributed by atoms with Gasteiger partial charge in [0.2, 0.25) is 11.8 Å². The van der Waals surface area contributed by atoms with Gasteiger partial charge < -0.3 is 30.8 Å². The van der Waals surface area contributed by atoms with Gasteiger partial charge in [-0.15, -0.1) is 0 Å². The number of ether oxygens (including phenoxy) is 2. The van der Waals surface area contributed by atoms with Crippen LogP contribution < -0.4 is 20.7 Å². The molecule has 0 saturated heterocycles. The molecule has 0 aliphatic rings. The van der Waals surface area contributed by atoms with E-state index in [-0.39, 0.29) is 42.5 Å². The van der Waals surface area contributed by atoms with E-state index in [1.807, 2.05) is 87.5 Å². The van der Waals surface area contributed by atoms with Gasteiger partial charge in [-0.3, -0.25) is 19.2 Å². The Morgan fingerprint density at radius 2 is 1.42 bits per heavy atom. The minimum absolute atomic E-state index is 0.0300. The average molecular weight is 705 g/mol. The first kappa shape index (κ1) is 39.0. The van der Waals surface area contributed by atoms with Gasteiger partial charge in [0.1, 0.15) is 23.1 Å². The van der Waals surface area contributed by atoms with Gasteiger partial charge in [0.05, 0.1) is 18.9 Å². The molecule has 0 aliphatic heterocycles. The Kier molecular flexibility index (Phi) is 12.7. The maximum atomic E-state index is 13.9. The molecule has 0 fully saturated rings. The van der Waals surface area contributed by atoms with Crippen molar-refractivity contribution in [2.75, 3.05) is 7.11 Å². The summed E-state index contributed by atoms with van der Waals surface area (Å²) in [7, 11) is 1.57. The Bertz CT molecular complexity index is 1960. The Morgan fingerprint density at radius 3 is 2.04 bits per heavy atom. The van der Waals surface area contributed by atoms with Gasteiger partial charge in [-0.05, 0) is 92.3 Å². The van der Waals surface area contributed by atoms with Crippen molar-refractivity contribution in [3.8, 4) is 5.75 Å². The van der Waals surface area contributed by atoms with Crippen molar-refractivity contribution in [1.82, 2.24) is 16.0 Å². The third-order valence-electron chi connectivity index (χ3n) is 8.55. The molecule has 0 heterocycles. The number of hydrogen-bond acceptors (Lipinski definition) is 7. The van der Waals surface area contributed by atoms with E-state index in [9.17, 15) is 19.2 Å². The Labute approximate surface area is 305 Å². The smallest absolute Gasteiger partial charge is 0.316 e.